The Balaban J connectivity index is 1.42. The molecule has 7 N–H and O–H groups in total. The van der Waals surface area contributed by atoms with E-state index in [1.807, 2.05) is 36.5 Å². The summed E-state index contributed by atoms with van der Waals surface area (Å²) in [5.41, 5.74) is 11.4. The second-order valence-corrected chi connectivity index (χ2v) is 9.43. The number of aliphatic hydroxyl groups is 1. The molecule has 11 nitrogen and oxygen atoms in total. The number of nitrogens with two attached hydrogens (primary N) is 1. The zero-order chi connectivity index (χ0) is 26.2. The molecule has 3 heterocycles. The van der Waals surface area contributed by atoms with Crippen LogP contribution in [0.3, 0.4) is 0 Å². The topological polar surface area (TPSA) is 159 Å². The number of ether oxygens (including phenoxy) is 2. The smallest absolute Gasteiger partial charge is 0.232 e. The second-order valence-electron chi connectivity index (χ2n) is 9.43. The summed E-state index contributed by atoms with van der Waals surface area (Å²) in [5.74, 6) is 1.82. The largest absolute Gasteiger partial charge is 0.495 e. The first-order valence-corrected chi connectivity index (χ1v) is 12.6. The molecular weight excluding hydrogens is 484 g/mol. The van der Waals surface area contributed by atoms with E-state index in [0.29, 0.717) is 40.4 Å². The minimum absolute atomic E-state index is 0.107. The van der Waals surface area contributed by atoms with Gasteiger partial charge < -0.3 is 35.6 Å². The highest BCUT2D eigenvalue weighted by atomic mass is 16.5. The number of fused-ring (bicyclic) bond motifs is 2. The van der Waals surface area contributed by atoms with Crippen LogP contribution in [0.2, 0.25) is 0 Å². The molecule has 38 heavy (non-hydrogen) atoms. The summed E-state index contributed by atoms with van der Waals surface area (Å²) in [6.07, 6.45) is 5.50. The Labute approximate surface area is 218 Å². The lowest BCUT2D eigenvalue weighted by molar-refractivity contribution is 0.149. The van der Waals surface area contributed by atoms with Crippen LogP contribution in [-0.4, -0.2) is 50.3 Å². The number of hydrogen-bond donors (Lipinski definition) is 6. The van der Waals surface area contributed by atoms with E-state index in [2.05, 4.69) is 25.6 Å². The van der Waals surface area contributed by atoms with Crippen molar-refractivity contribution in [1.29, 1.82) is 0 Å². The number of H-pyrrole nitrogens is 2. The van der Waals surface area contributed by atoms with Crippen molar-refractivity contribution in [2.75, 3.05) is 25.2 Å². The van der Waals surface area contributed by atoms with Crippen LogP contribution in [0.4, 0.5) is 17.6 Å². The van der Waals surface area contributed by atoms with E-state index >= 15 is 0 Å². The van der Waals surface area contributed by atoms with Gasteiger partial charge in [0.1, 0.15) is 23.7 Å². The fourth-order valence-electron chi connectivity index (χ4n) is 5.00. The third kappa shape index (κ3) is 4.46. The molecule has 11 heteroatoms. The van der Waals surface area contributed by atoms with Crippen LogP contribution in [0.15, 0.2) is 42.6 Å². The lowest BCUT2D eigenvalue weighted by Gasteiger charge is -2.17. The highest BCUT2D eigenvalue weighted by Gasteiger charge is 2.23. The maximum Gasteiger partial charge on any atom is 0.232 e. The van der Waals surface area contributed by atoms with Crippen molar-refractivity contribution in [2.24, 2.45) is 0 Å². The summed E-state index contributed by atoms with van der Waals surface area (Å²) in [4.78, 5) is 20.3. The second kappa shape index (κ2) is 9.84. The number of aliphatic hydroxyl groups excluding tert-OH is 1. The third-order valence-corrected chi connectivity index (χ3v) is 6.95. The van der Waals surface area contributed by atoms with E-state index in [1.165, 1.54) is 0 Å². The molecule has 0 amide bonds. The van der Waals surface area contributed by atoms with Gasteiger partial charge in [0.2, 0.25) is 11.8 Å². The number of rotatable bonds is 8. The molecule has 5 aromatic rings. The number of nitrogens with one attached hydrogen (secondary N) is 4. The number of hydrogen-bond acceptors (Lipinski definition) is 9. The van der Waals surface area contributed by atoms with Gasteiger partial charge in [0.15, 0.2) is 5.95 Å². The fourth-order valence-corrected chi connectivity index (χ4v) is 5.00. The van der Waals surface area contributed by atoms with E-state index in [9.17, 15) is 5.11 Å². The average molecular weight is 515 g/mol. The van der Waals surface area contributed by atoms with E-state index < -0.39 is 6.23 Å². The number of aromatic amines is 2. The molecule has 1 unspecified atom stereocenters. The van der Waals surface area contributed by atoms with Gasteiger partial charge in [-0.2, -0.15) is 9.97 Å². The SMILES string of the molecule is CNC(O)c1ccc(Nc2nc(OC3CCCC3)c3c(-c4ccc5nc(N)[nH]c5c4)c[nH]c3n2)c(OC)c1. The lowest BCUT2D eigenvalue weighted by Crippen LogP contribution is -2.15. The van der Waals surface area contributed by atoms with Gasteiger partial charge in [-0.05, 0) is 68.1 Å². The number of methoxy groups -OCH3 is 1. The molecule has 0 radical (unpaired) electrons. The van der Waals surface area contributed by atoms with Crippen molar-refractivity contribution in [1.82, 2.24) is 30.2 Å². The number of benzene rings is 2. The molecule has 3 aromatic heterocycles. The number of imidazole rings is 1. The van der Waals surface area contributed by atoms with Crippen LogP contribution in [0.1, 0.15) is 37.5 Å². The van der Waals surface area contributed by atoms with E-state index in [0.717, 1.165) is 53.2 Å². The lowest BCUT2D eigenvalue weighted by atomic mass is 10.1. The fraction of sp³-hybridized carbons (Fsp3) is 0.296. The molecule has 1 aliphatic rings. The van der Waals surface area contributed by atoms with Gasteiger partial charge in [-0.15, -0.1) is 0 Å². The van der Waals surface area contributed by atoms with Gasteiger partial charge in [-0.25, -0.2) is 4.98 Å². The Morgan fingerprint density at radius 1 is 1.11 bits per heavy atom. The van der Waals surface area contributed by atoms with Crippen LogP contribution >= 0.6 is 0 Å². The maximum absolute atomic E-state index is 10.1. The van der Waals surface area contributed by atoms with Crippen LogP contribution in [0.25, 0.3) is 33.2 Å². The first-order valence-electron chi connectivity index (χ1n) is 12.6. The molecule has 1 aliphatic carbocycles. The molecule has 1 saturated carbocycles. The minimum Gasteiger partial charge on any atom is -0.495 e. The minimum atomic E-state index is -0.799. The Bertz CT molecular complexity index is 1610. The summed E-state index contributed by atoms with van der Waals surface area (Å²) in [6.45, 7) is 0. The summed E-state index contributed by atoms with van der Waals surface area (Å²) in [6, 6.07) is 11.4. The van der Waals surface area contributed by atoms with Crippen molar-refractivity contribution in [2.45, 2.75) is 38.0 Å². The predicted molar refractivity (Wildman–Crippen MR) is 147 cm³/mol. The zero-order valence-corrected chi connectivity index (χ0v) is 21.2. The van der Waals surface area contributed by atoms with Crippen molar-refractivity contribution in [3.8, 4) is 22.8 Å². The molecule has 0 saturated heterocycles. The van der Waals surface area contributed by atoms with Crippen molar-refractivity contribution in [3.05, 3.63) is 48.2 Å². The summed E-state index contributed by atoms with van der Waals surface area (Å²) < 4.78 is 12.0. The van der Waals surface area contributed by atoms with E-state index in [-0.39, 0.29) is 6.10 Å². The number of nitrogens with zero attached hydrogens (tertiary/aromatic N) is 3. The Kier molecular flexibility index (Phi) is 6.22. The van der Waals surface area contributed by atoms with Crippen molar-refractivity contribution >= 4 is 39.7 Å². The van der Waals surface area contributed by atoms with Crippen LogP contribution in [0.5, 0.6) is 11.6 Å². The van der Waals surface area contributed by atoms with Gasteiger partial charge >= 0.3 is 0 Å². The summed E-state index contributed by atoms with van der Waals surface area (Å²) in [5, 5.41) is 17.0. The normalized spacial score (nSPS) is 14.8. The first kappa shape index (κ1) is 24.0. The van der Waals surface area contributed by atoms with Crippen molar-refractivity contribution < 1.29 is 14.6 Å². The zero-order valence-electron chi connectivity index (χ0n) is 21.2. The number of nitrogen functional groups attached to an aromatic ring is 1. The Morgan fingerprint density at radius 2 is 1.95 bits per heavy atom. The number of aromatic nitrogens is 5. The van der Waals surface area contributed by atoms with E-state index in [4.69, 9.17) is 25.2 Å². The summed E-state index contributed by atoms with van der Waals surface area (Å²) in [7, 11) is 3.27. The monoisotopic (exact) mass is 514 g/mol. The maximum atomic E-state index is 10.1. The molecule has 196 valence electrons. The highest BCUT2D eigenvalue weighted by Crippen LogP contribution is 2.38. The van der Waals surface area contributed by atoms with E-state index in [1.54, 1.807) is 20.2 Å². The molecule has 0 spiro atoms. The van der Waals surface area contributed by atoms with Crippen molar-refractivity contribution in [3.63, 3.8) is 0 Å². The molecule has 0 bridgehead atoms. The summed E-state index contributed by atoms with van der Waals surface area (Å²) >= 11 is 0. The molecular formula is C27H30N8O3. The molecule has 1 atom stereocenters. The van der Waals surface area contributed by atoms with Crippen LogP contribution < -0.4 is 25.8 Å². The van der Waals surface area contributed by atoms with Crippen LogP contribution in [-0.2, 0) is 0 Å². The molecule has 2 aromatic carbocycles. The van der Waals surface area contributed by atoms with Gasteiger partial charge in [-0.1, -0.05) is 12.1 Å². The van der Waals surface area contributed by atoms with Gasteiger partial charge in [0.25, 0.3) is 0 Å². The quantitative estimate of drug-likeness (QED) is 0.165. The highest BCUT2D eigenvalue weighted by molar-refractivity contribution is 5.99. The third-order valence-electron chi connectivity index (χ3n) is 6.95. The molecule has 6 rings (SSSR count). The van der Waals surface area contributed by atoms with Gasteiger partial charge in [-0.3, -0.25) is 5.32 Å². The Morgan fingerprint density at radius 3 is 2.74 bits per heavy atom. The molecule has 0 aliphatic heterocycles. The van der Waals surface area contributed by atoms with Crippen LogP contribution in [0, 0.1) is 0 Å². The van der Waals surface area contributed by atoms with Gasteiger partial charge in [0, 0.05) is 11.8 Å². The Hall–Kier alpha value is -4.35. The number of anilines is 3. The first-order chi connectivity index (χ1) is 18.5. The van der Waals surface area contributed by atoms with Gasteiger partial charge in [0.05, 0.1) is 29.2 Å². The molecule has 1 fully saturated rings. The predicted octanol–water partition coefficient (Wildman–Crippen LogP) is 4.37. The standard InChI is InChI=1S/C27H30N8O3/c1-29-24(36)15-8-10-19(21(12-15)37-2)33-27-34-23-22(25(35-27)38-16-5-3-4-6-16)17(13-30-23)14-7-9-18-20(11-14)32-26(28)31-18/h7-13,16,24,29,36H,3-6H2,1-2H3,(H3,28,31,32)(H2,30,33,34,35). The average Bonchev–Trinajstić information content (AvgIpc) is 3.67.